The summed E-state index contributed by atoms with van der Waals surface area (Å²) in [6.45, 7) is 3.59. The molecule has 0 bridgehead atoms. The van der Waals surface area contributed by atoms with Gasteiger partial charge in [0.05, 0.1) is 12.7 Å². The lowest BCUT2D eigenvalue weighted by Gasteiger charge is -2.21. The molecule has 1 aliphatic heterocycles. The molecule has 0 aromatic heterocycles. The SMILES string of the molecule is COc1ccc2c(c1)C=C(C(=O)N[C@H](C(=O)O)C(C)C)CO2. The fourth-order valence-corrected chi connectivity index (χ4v) is 2.16. The maximum absolute atomic E-state index is 12.2. The first kappa shape index (κ1) is 15.9. The summed E-state index contributed by atoms with van der Waals surface area (Å²) in [5.41, 5.74) is 1.11. The highest BCUT2D eigenvalue weighted by atomic mass is 16.5. The monoisotopic (exact) mass is 305 g/mol. The second-order valence-corrected chi connectivity index (χ2v) is 5.40. The van der Waals surface area contributed by atoms with Crippen molar-refractivity contribution in [1.29, 1.82) is 0 Å². The van der Waals surface area contributed by atoms with Crippen LogP contribution in [0.5, 0.6) is 11.5 Å². The van der Waals surface area contributed by atoms with Crippen molar-refractivity contribution >= 4 is 18.0 Å². The normalized spacial score (nSPS) is 14.5. The van der Waals surface area contributed by atoms with Crippen LogP contribution < -0.4 is 14.8 Å². The molecule has 118 valence electrons. The molecular formula is C16H19NO5. The highest BCUT2D eigenvalue weighted by Crippen LogP contribution is 2.29. The summed E-state index contributed by atoms with van der Waals surface area (Å²) in [5, 5.41) is 11.7. The van der Waals surface area contributed by atoms with Crippen LogP contribution in [0.15, 0.2) is 23.8 Å². The maximum Gasteiger partial charge on any atom is 0.326 e. The van der Waals surface area contributed by atoms with E-state index in [0.29, 0.717) is 17.1 Å². The van der Waals surface area contributed by atoms with Crippen LogP contribution in [-0.2, 0) is 9.59 Å². The molecule has 1 aliphatic rings. The Labute approximate surface area is 128 Å². The van der Waals surface area contributed by atoms with Crippen molar-refractivity contribution < 1.29 is 24.2 Å². The fourth-order valence-electron chi connectivity index (χ4n) is 2.16. The minimum Gasteiger partial charge on any atom is -0.497 e. The van der Waals surface area contributed by atoms with Gasteiger partial charge in [-0.15, -0.1) is 0 Å². The second kappa shape index (κ2) is 6.51. The predicted molar refractivity (Wildman–Crippen MR) is 80.9 cm³/mol. The average Bonchev–Trinajstić information content (AvgIpc) is 2.50. The van der Waals surface area contributed by atoms with Gasteiger partial charge in [-0.3, -0.25) is 4.79 Å². The van der Waals surface area contributed by atoms with E-state index >= 15 is 0 Å². The van der Waals surface area contributed by atoms with Gasteiger partial charge < -0.3 is 19.9 Å². The Morgan fingerprint density at radius 3 is 2.68 bits per heavy atom. The molecule has 2 N–H and O–H groups in total. The minimum absolute atomic E-state index is 0.107. The van der Waals surface area contributed by atoms with Crippen molar-refractivity contribution in [1.82, 2.24) is 5.32 Å². The maximum atomic E-state index is 12.2. The lowest BCUT2D eigenvalue weighted by Crippen LogP contribution is -2.45. The van der Waals surface area contributed by atoms with E-state index < -0.39 is 17.9 Å². The molecule has 6 heteroatoms. The number of hydrogen-bond acceptors (Lipinski definition) is 4. The molecule has 1 aromatic rings. The van der Waals surface area contributed by atoms with Crippen molar-refractivity contribution in [3.8, 4) is 11.5 Å². The summed E-state index contributed by atoms with van der Waals surface area (Å²) in [5.74, 6) is -0.377. The van der Waals surface area contributed by atoms with E-state index in [1.807, 2.05) is 0 Å². The molecule has 1 amide bonds. The molecule has 0 aliphatic carbocycles. The number of nitrogens with one attached hydrogen (secondary N) is 1. The highest BCUT2D eigenvalue weighted by molar-refractivity contribution is 6.00. The van der Waals surface area contributed by atoms with Crippen molar-refractivity contribution in [2.75, 3.05) is 13.7 Å². The number of rotatable bonds is 5. The number of methoxy groups -OCH3 is 1. The Bertz CT molecular complexity index is 621. The van der Waals surface area contributed by atoms with Gasteiger partial charge in [-0.05, 0) is 30.2 Å². The summed E-state index contributed by atoms with van der Waals surface area (Å²) >= 11 is 0. The Balaban J connectivity index is 2.20. The van der Waals surface area contributed by atoms with Gasteiger partial charge in [-0.2, -0.15) is 0 Å². The van der Waals surface area contributed by atoms with Gasteiger partial charge >= 0.3 is 5.97 Å². The van der Waals surface area contributed by atoms with Crippen molar-refractivity contribution in [3.05, 3.63) is 29.3 Å². The van der Waals surface area contributed by atoms with E-state index in [0.717, 1.165) is 5.56 Å². The predicted octanol–water partition coefficient (Wildman–Crippen LogP) is 1.70. The molecular weight excluding hydrogens is 286 g/mol. The van der Waals surface area contributed by atoms with Crippen molar-refractivity contribution in [3.63, 3.8) is 0 Å². The summed E-state index contributed by atoms with van der Waals surface area (Å²) in [6, 6.07) is 4.38. The number of benzene rings is 1. The van der Waals surface area contributed by atoms with Crippen LogP contribution in [0.4, 0.5) is 0 Å². The van der Waals surface area contributed by atoms with Gasteiger partial charge in [-0.1, -0.05) is 13.8 Å². The molecule has 22 heavy (non-hydrogen) atoms. The Morgan fingerprint density at radius 1 is 1.36 bits per heavy atom. The van der Waals surface area contributed by atoms with E-state index in [1.165, 1.54) is 0 Å². The van der Waals surface area contributed by atoms with Crippen LogP contribution in [0.1, 0.15) is 19.4 Å². The largest absolute Gasteiger partial charge is 0.497 e. The topological polar surface area (TPSA) is 84.9 Å². The molecule has 0 saturated heterocycles. The quantitative estimate of drug-likeness (QED) is 0.865. The Kier molecular flexibility index (Phi) is 4.70. The first-order valence-corrected chi connectivity index (χ1v) is 6.97. The van der Waals surface area contributed by atoms with E-state index in [4.69, 9.17) is 14.6 Å². The third-order valence-electron chi connectivity index (χ3n) is 3.44. The summed E-state index contributed by atoms with van der Waals surface area (Å²) in [7, 11) is 1.56. The van der Waals surface area contributed by atoms with Gasteiger partial charge in [0.15, 0.2) is 0 Å². The molecule has 2 rings (SSSR count). The van der Waals surface area contributed by atoms with Crippen LogP contribution in [0.3, 0.4) is 0 Å². The van der Waals surface area contributed by atoms with Crippen LogP contribution in [0, 0.1) is 5.92 Å². The van der Waals surface area contributed by atoms with Gasteiger partial charge in [0, 0.05) is 5.56 Å². The average molecular weight is 305 g/mol. The molecule has 0 fully saturated rings. The number of fused-ring (bicyclic) bond motifs is 1. The Hall–Kier alpha value is -2.50. The summed E-state index contributed by atoms with van der Waals surface area (Å²) < 4.78 is 10.7. The van der Waals surface area contributed by atoms with Crippen LogP contribution in [-0.4, -0.2) is 36.7 Å². The van der Waals surface area contributed by atoms with Crippen molar-refractivity contribution in [2.45, 2.75) is 19.9 Å². The number of hydrogen-bond donors (Lipinski definition) is 2. The minimum atomic E-state index is -1.05. The molecule has 0 radical (unpaired) electrons. The van der Waals surface area contributed by atoms with Crippen LogP contribution in [0.25, 0.3) is 6.08 Å². The van der Waals surface area contributed by atoms with E-state index in [1.54, 1.807) is 45.2 Å². The smallest absolute Gasteiger partial charge is 0.326 e. The second-order valence-electron chi connectivity index (χ2n) is 5.40. The van der Waals surface area contributed by atoms with Gasteiger partial charge in [0.1, 0.15) is 24.1 Å². The third kappa shape index (κ3) is 3.39. The molecule has 1 atom stereocenters. The first-order chi connectivity index (χ1) is 10.4. The third-order valence-corrected chi connectivity index (χ3v) is 3.44. The zero-order valence-corrected chi connectivity index (χ0v) is 12.8. The molecule has 0 unspecified atom stereocenters. The lowest BCUT2D eigenvalue weighted by atomic mass is 10.0. The fraction of sp³-hybridized carbons (Fsp3) is 0.375. The summed E-state index contributed by atoms with van der Waals surface area (Å²) in [6.07, 6.45) is 1.69. The van der Waals surface area contributed by atoms with Gasteiger partial charge in [0.25, 0.3) is 5.91 Å². The zero-order chi connectivity index (χ0) is 16.3. The highest BCUT2D eigenvalue weighted by Gasteiger charge is 2.26. The number of aliphatic carboxylic acids is 1. The Morgan fingerprint density at radius 2 is 2.09 bits per heavy atom. The first-order valence-electron chi connectivity index (χ1n) is 6.97. The number of carbonyl (C=O) groups is 2. The zero-order valence-electron chi connectivity index (χ0n) is 12.8. The van der Waals surface area contributed by atoms with E-state index in [-0.39, 0.29) is 12.5 Å². The number of carboxylic acid groups (broad SMARTS) is 1. The van der Waals surface area contributed by atoms with Crippen molar-refractivity contribution in [2.24, 2.45) is 5.92 Å². The van der Waals surface area contributed by atoms with E-state index in [9.17, 15) is 9.59 Å². The summed E-state index contributed by atoms with van der Waals surface area (Å²) in [4.78, 5) is 23.4. The molecule has 6 nitrogen and oxygen atoms in total. The number of carbonyl (C=O) groups excluding carboxylic acids is 1. The number of ether oxygens (including phenoxy) is 2. The van der Waals surface area contributed by atoms with Crippen LogP contribution >= 0.6 is 0 Å². The van der Waals surface area contributed by atoms with Gasteiger partial charge in [-0.25, -0.2) is 4.79 Å². The standard InChI is InChI=1S/C16H19NO5/c1-9(2)14(16(19)20)17-15(18)11-6-10-7-12(21-3)4-5-13(10)22-8-11/h4-7,9,14H,8H2,1-3H3,(H,17,18)(H,19,20)/t14-/m0/s1. The van der Waals surface area contributed by atoms with Crippen LogP contribution in [0.2, 0.25) is 0 Å². The number of amides is 1. The molecule has 1 heterocycles. The lowest BCUT2D eigenvalue weighted by molar-refractivity contribution is -0.142. The number of carboxylic acids is 1. The molecule has 1 aromatic carbocycles. The molecule has 0 spiro atoms. The molecule has 0 saturated carbocycles. The van der Waals surface area contributed by atoms with Gasteiger partial charge in [0.2, 0.25) is 0 Å². The van der Waals surface area contributed by atoms with E-state index in [2.05, 4.69) is 5.32 Å².